The van der Waals surface area contributed by atoms with Crippen LogP contribution in [0.25, 0.3) is 0 Å². The first-order valence-electron chi connectivity index (χ1n) is 12.5. The summed E-state index contributed by atoms with van der Waals surface area (Å²) in [6, 6.07) is 0. The van der Waals surface area contributed by atoms with E-state index in [0.717, 1.165) is 24.8 Å². The first kappa shape index (κ1) is 26.3. The first-order valence-corrected chi connectivity index (χ1v) is 12.5. The Morgan fingerprint density at radius 2 is 1.89 bits per heavy atom. The summed E-state index contributed by atoms with van der Waals surface area (Å²) in [5, 5.41) is 39.8. The van der Waals surface area contributed by atoms with E-state index in [2.05, 4.69) is 20.8 Å². The summed E-state index contributed by atoms with van der Waals surface area (Å²) < 4.78 is 16.5. The largest absolute Gasteiger partial charge is 0.455 e. The molecule has 0 aromatic heterocycles. The molecule has 0 spiro atoms. The Bertz CT molecular complexity index is 910. The molecule has 2 aliphatic heterocycles. The van der Waals surface area contributed by atoms with Crippen molar-refractivity contribution >= 4 is 11.9 Å². The smallest absolute Gasteiger partial charge is 0.336 e. The van der Waals surface area contributed by atoms with Gasteiger partial charge in [-0.15, -0.1) is 0 Å². The van der Waals surface area contributed by atoms with Crippen LogP contribution in [0.3, 0.4) is 0 Å². The van der Waals surface area contributed by atoms with Crippen LogP contribution in [0.1, 0.15) is 59.8 Å². The number of carbonyl (C=O) groups is 2. The number of rotatable bonds is 5. The molecule has 9 nitrogen and oxygen atoms in total. The van der Waals surface area contributed by atoms with E-state index in [1.54, 1.807) is 6.08 Å². The molecule has 2 aliphatic carbocycles. The number of fused-ring (bicyclic) bond motifs is 1. The van der Waals surface area contributed by atoms with Gasteiger partial charge in [-0.3, -0.25) is 0 Å². The van der Waals surface area contributed by atoms with Crippen LogP contribution in [0.15, 0.2) is 23.3 Å². The van der Waals surface area contributed by atoms with Gasteiger partial charge in [0.25, 0.3) is 0 Å². The van der Waals surface area contributed by atoms with Crippen molar-refractivity contribution in [3.63, 3.8) is 0 Å². The van der Waals surface area contributed by atoms with Gasteiger partial charge in [-0.25, -0.2) is 9.59 Å². The molecule has 2 fully saturated rings. The lowest BCUT2D eigenvalue weighted by Crippen LogP contribution is -2.59. The zero-order valence-corrected chi connectivity index (χ0v) is 20.8. The van der Waals surface area contributed by atoms with Gasteiger partial charge in [0.15, 0.2) is 0 Å². The third-order valence-electron chi connectivity index (χ3n) is 9.24. The minimum atomic E-state index is -1.65. The monoisotopic (exact) mass is 494 g/mol. The SMILES string of the molecule is CC1=CC(=O)O[C@@H]1C[C@@]1(C)[C@H](C)CC[C@]2(C)C(C(=O)O[C@@H]3O[C@H](CO)[C@@H](O)[C@H](O)[C@H]3O)=CCC[C@H]12. The summed E-state index contributed by atoms with van der Waals surface area (Å²) in [4.78, 5) is 25.3. The van der Waals surface area contributed by atoms with Crippen LogP contribution >= 0.6 is 0 Å². The number of aliphatic hydroxyl groups is 4. The fourth-order valence-corrected chi connectivity index (χ4v) is 6.83. The molecule has 0 bridgehead atoms. The van der Waals surface area contributed by atoms with Crippen LogP contribution in [0.2, 0.25) is 0 Å². The standard InChI is InChI=1S/C26H38O9/c1-13-10-19(28)33-16(13)11-26(4)14(2)8-9-25(3)15(6-5-7-18(25)26)23(32)35-24-22(31)21(30)20(29)17(12-27)34-24/h6,10,14,16-18,20-22,24,27,29-31H,5,7-9,11-12H2,1-4H3/t14-,16-,17-,18+,20-,21+,22-,24+,25-,26+/m1/s1. The molecule has 2 heterocycles. The van der Waals surface area contributed by atoms with Crippen molar-refractivity contribution in [2.75, 3.05) is 6.61 Å². The zero-order chi connectivity index (χ0) is 25.7. The lowest BCUT2D eigenvalue weighted by Gasteiger charge is -2.58. The average Bonchev–Trinajstić information content (AvgIpc) is 3.12. The van der Waals surface area contributed by atoms with E-state index >= 15 is 0 Å². The maximum absolute atomic E-state index is 13.4. The van der Waals surface area contributed by atoms with Gasteiger partial charge in [-0.05, 0) is 61.9 Å². The van der Waals surface area contributed by atoms with Crippen LogP contribution in [-0.2, 0) is 23.8 Å². The molecule has 0 radical (unpaired) electrons. The number of ether oxygens (including phenoxy) is 3. The lowest BCUT2D eigenvalue weighted by atomic mass is 9.46. The lowest BCUT2D eigenvalue weighted by molar-refractivity contribution is -0.291. The number of hydrogen-bond donors (Lipinski definition) is 4. The van der Waals surface area contributed by atoms with Crippen LogP contribution < -0.4 is 0 Å². The second-order valence-corrected chi connectivity index (χ2v) is 11.2. The fraction of sp³-hybridized carbons (Fsp3) is 0.769. The number of esters is 2. The highest BCUT2D eigenvalue weighted by Crippen LogP contribution is 2.62. The number of cyclic esters (lactones) is 1. The average molecular weight is 495 g/mol. The Morgan fingerprint density at radius 3 is 2.51 bits per heavy atom. The van der Waals surface area contributed by atoms with E-state index in [-0.39, 0.29) is 23.4 Å². The zero-order valence-electron chi connectivity index (χ0n) is 20.8. The topological polar surface area (TPSA) is 143 Å². The normalized spacial score (nSPS) is 45.8. The second-order valence-electron chi connectivity index (χ2n) is 11.2. The van der Waals surface area contributed by atoms with Crippen molar-refractivity contribution in [2.24, 2.45) is 22.7 Å². The summed E-state index contributed by atoms with van der Waals surface area (Å²) in [7, 11) is 0. The maximum Gasteiger partial charge on any atom is 0.336 e. The first-order chi connectivity index (χ1) is 16.4. The Balaban J connectivity index is 1.55. The molecule has 1 saturated heterocycles. The minimum absolute atomic E-state index is 0.133. The molecule has 4 aliphatic rings. The molecule has 4 rings (SSSR count). The van der Waals surface area contributed by atoms with Crippen LogP contribution in [-0.4, -0.2) is 75.8 Å². The van der Waals surface area contributed by atoms with E-state index in [9.17, 15) is 30.0 Å². The molecular weight excluding hydrogens is 456 g/mol. The summed E-state index contributed by atoms with van der Waals surface area (Å²) in [6.07, 6.45) is -0.376. The predicted octanol–water partition coefficient (Wildman–Crippen LogP) is 1.37. The summed E-state index contributed by atoms with van der Waals surface area (Å²) in [5.74, 6) is -0.460. The number of allylic oxidation sites excluding steroid dienone is 1. The number of aliphatic hydroxyl groups excluding tert-OH is 4. The van der Waals surface area contributed by atoms with Gasteiger partial charge in [0.05, 0.1) is 6.61 Å². The molecule has 10 atom stereocenters. The summed E-state index contributed by atoms with van der Waals surface area (Å²) >= 11 is 0. The van der Waals surface area contributed by atoms with Gasteiger partial charge in [0, 0.05) is 17.1 Å². The molecule has 4 N–H and O–H groups in total. The molecule has 0 aromatic carbocycles. The Labute approximate surface area is 205 Å². The van der Waals surface area contributed by atoms with Gasteiger partial charge >= 0.3 is 11.9 Å². The molecule has 0 unspecified atom stereocenters. The van der Waals surface area contributed by atoms with Crippen molar-refractivity contribution in [1.29, 1.82) is 0 Å². The molecule has 0 amide bonds. The predicted molar refractivity (Wildman–Crippen MR) is 124 cm³/mol. The Morgan fingerprint density at radius 1 is 1.17 bits per heavy atom. The van der Waals surface area contributed by atoms with Gasteiger partial charge in [0.2, 0.25) is 6.29 Å². The Kier molecular flexibility index (Phi) is 7.20. The van der Waals surface area contributed by atoms with Gasteiger partial charge in [-0.2, -0.15) is 0 Å². The molecule has 196 valence electrons. The summed E-state index contributed by atoms with van der Waals surface area (Å²) in [6.45, 7) is 7.84. The highest BCUT2D eigenvalue weighted by atomic mass is 16.7. The van der Waals surface area contributed by atoms with E-state index in [1.165, 1.54) is 0 Å². The molecule has 0 aromatic rings. The summed E-state index contributed by atoms with van der Waals surface area (Å²) in [5.41, 5.74) is 0.745. The highest BCUT2D eigenvalue weighted by Gasteiger charge is 2.57. The van der Waals surface area contributed by atoms with Crippen molar-refractivity contribution in [3.05, 3.63) is 23.3 Å². The highest BCUT2D eigenvalue weighted by molar-refractivity contribution is 5.90. The minimum Gasteiger partial charge on any atom is -0.455 e. The van der Waals surface area contributed by atoms with E-state index < -0.39 is 48.7 Å². The quantitative estimate of drug-likeness (QED) is 0.417. The number of hydrogen-bond acceptors (Lipinski definition) is 9. The van der Waals surface area contributed by atoms with Crippen molar-refractivity contribution in [1.82, 2.24) is 0 Å². The van der Waals surface area contributed by atoms with E-state index in [0.29, 0.717) is 24.3 Å². The van der Waals surface area contributed by atoms with Crippen molar-refractivity contribution < 1.29 is 44.2 Å². The fourth-order valence-electron chi connectivity index (χ4n) is 6.83. The second kappa shape index (κ2) is 9.59. The van der Waals surface area contributed by atoms with E-state index in [1.807, 2.05) is 13.0 Å². The van der Waals surface area contributed by atoms with Crippen molar-refractivity contribution in [3.8, 4) is 0 Å². The maximum atomic E-state index is 13.4. The number of carbonyl (C=O) groups excluding carboxylic acids is 2. The molecule has 9 heteroatoms. The van der Waals surface area contributed by atoms with Gasteiger partial charge in [-0.1, -0.05) is 26.8 Å². The Hall–Kier alpha value is -1.78. The third-order valence-corrected chi connectivity index (χ3v) is 9.24. The van der Waals surface area contributed by atoms with Crippen LogP contribution in [0, 0.1) is 22.7 Å². The van der Waals surface area contributed by atoms with Gasteiger partial charge in [0.1, 0.15) is 30.5 Å². The third kappa shape index (κ3) is 4.46. The van der Waals surface area contributed by atoms with E-state index in [4.69, 9.17) is 14.2 Å². The molecule has 35 heavy (non-hydrogen) atoms. The molecule has 1 saturated carbocycles. The molecular formula is C26H38O9. The van der Waals surface area contributed by atoms with Gasteiger partial charge < -0.3 is 34.6 Å². The van der Waals surface area contributed by atoms with Crippen LogP contribution in [0.4, 0.5) is 0 Å². The van der Waals surface area contributed by atoms with Crippen molar-refractivity contribution in [2.45, 2.75) is 96.6 Å². The van der Waals surface area contributed by atoms with Crippen LogP contribution in [0.5, 0.6) is 0 Å².